The van der Waals surface area contributed by atoms with Crippen LogP contribution in [0.1, 0.15) is 11.1 Å². The van der Waals surface area contributed by atoms with E-state index >= 15 is 0 Å². The van der Waals surface area contributed by atoms with Crippen LogP contribution in [0, 0.1) is 12.7 Å². The van der Waals surface area contributed by atoms with Crippen LogP contribution >= 0.6 is 11.6 Å². The predicted octanol–water partition coefficient (Wildman–Crippen LogP) is 1.75. The zero-order valence-corrected chi connectivity index (χ0v) is 7.45. The number of benzene rings is 1. The first-order valence-electron chi connectivity index (χ1n) is 3.53. The Hall–Kier alpha value is -0.640. The second-order valence-corrected chi connectivity index (χ2v) is 2.98. The molecule has 0 saturated carbocycles. The van der Waals surface area contributed by atoms with E-state index in [9.17, 15) is 4.39 Å². The molecule has 0 unspecified atom stereocenters. The van der Waals surface area contributed by atoms with E-state index in [1.54, 1.807) is 13.0 Å². The maximum absolute atomic E-state index is 13.0. The van der Waals surface area contributed by atoms with Crippen LogP contribution in [0.2, 0.25) is 5.02 Å². The highest BCUT2D eigenvalue weighted by Gasteiger charge is 2.04. The first kappa shape index (κ1) is 9.45. The number of aryl methyl sites for hydroxylation is 1. The molecule has 2 nitrogen and oxygen atoms in total. The second kappa shape index (κ2) is 3.85. The summed E-state index contributed by atoms with van der Waals surface area (Å²) >= 11 is 5.82. The third kappa shape index (κ3) is 1.94. The molecule has 0 radical (unpaired) electrons. The Balaban J connectivity index is 3.05. The first-order chi connectivity index (χ1) is 5.65. The lowest BCUT2D eigenvalue weighted by Crippen LogP contribution is -2.21. The van der Waals surface area contributed by atoms with E-state index in [1.807, 2.05) is 0 Å². The summed E-state index contributed by atoms with van der Waals surface area (Å²) in [4.78, 5) is 0. The summed E-state index contributed by atoms with van der Waals surface area (Å²) in [5.74, 6) is 4.83. The van der Waals surface area contributed by atoms with Gasteiger partial charge in [0.15, 0.2) is 0 Å². The van der Waals surface area contributed by atoms with Gasteiger partial charge in [-0.15, -0.1) is 0 Å². The minimum Gasteiger partial charge on any atom is -0.271 e. The van der Waals surface area contributed by atoms with E-state index < -0.39 is 0 Å². The van der Waals surface area contributed by atoms with Crippen molar-refractivity contribution in [1.29, 1.82) is 0 Å². The van der Waals surface area contributed by atoms with Gasteiger partial charge in [0, 0.05) is 11.6 Å². The van der Waals surface area contributed by atoms with Crippen LogP contribution in [-0.4, -0.2) is 0 Å². The summed E-state index contributed by atoms with van der Waals surface area (Å²) in [6, 6.07) is 2.97. The molecule has 0 amide bonds. The van der Waals surface area contributed by atoms with Gasteiger partial charge in [0.2, 0.25) is 0 Å². The fraction of sp³-hybridized carbons (Fsp3) is 0.250. The average Bonchev–Trinajstić information content (AvgIpc) is 2.01. The van der Waals surface area contributed by atoms with Crippen molar-refractivity contribution >= 4 is 11.6 Å². The van der Waals surface area contributed by atoms with Crippen LogP contribution in [0.15, 0.2) is 12.1 Å². The molecule has 12 heavy (non-hydrogen) atoms. The van der Waals surface area contributed by atoms with Crippen molar-refractivity contribution in [3.63, 3.8) is 0 Å². The molecule has 0 aromatic heterocycles. The van der Waals surface area contributed by atoms with Gasteiger partial charge in [-0.1, -0.05) is 11.6 Å². The van der Waals surface area contributed by atoms with Crippen LogP contribution in [0.25, 0.3) is 0 Å². The number of nitrogens with one attached hydrogen (secondary N) is 1. The Bertz CT molecular complexity index is 289. The minimum absolute atomic E-state index is 0.260. The molecule has 0 spiro atoms. The molecule has 66 valence electrons. The van der Waals surface area contributed by atoms with Gasteiger partial charge in [-0.25, -0.2) is 4.39 Å². The molecule has 0 heterocycles. The number of hydrazine groups is 1. The lowest BCUT2D eigenvalue weighted by Gasteiger charge is -2.04. The monoisotopic (exact) mass is 188 g/mol. The minimum atomic E-state index is -0.260. The van der Waals surface area contributed by atoms with E-state index in [0.29, 0.717) is 22.7 Å². The fourth-order valence-corrected chi connectivity index (χ4v) is 1.22. The molecular weight excluding hydrogens is 179 g/mol. The highest BCUT2D eigenvalue weighted by atomic mass is 35.5. The quantitative estimate of drug-likeness (QED) is 0.548. The summed E-state index contributed by atoms with van der Waals surface area (Å²) in [5.41, 5.74) is 3.63. The highest BCUT2D eigenvalue weighted by Crippen LogP contribution is 2.19. The standard InChI is InChI=1S/C8H10ClFN2/c1-5-2-7(9)6(4-12-11)3-8(5)10/h2-3,12H,4,11H2,1H3. The highest BCUT2D eigenvalue weighted by molar-refractivity contribution is 6.31. The predicted molar refractivity (Wildman–Crippen MR) is 47.2 cm³/mol. The van der Waals surface area contributed by atoms with Crippen molar-refractivity contribution in [2.75, 3.05) is 0 Å². The van der Waals surface area contributed by atoms with E-state index in [1.165, 1.54) is 6.07 Å². The number of hydrogen-bond acceptors (Lipinski definition) is 2. The third-order valence-corrected chi connectivity index (χ3v) is 1.97. The summed E-state index contributed by atoms with van der Waals surface area (Å²) in [5, 5.41) is 0.534. The molecule has 0 bridgehead atoms. The van der Waals surface area contributed by atoms with Gasteiger partial charge in [-0.05, 0) is 30.2 Å². The topological polar surface area (TPSA) is 38.0 Å². The molecule has 1 aromatic carbocycles. The number of rotatable bonds is 2. The molecule has 0 aliphatic carbocycles. The normalized spacial score (nSPS) is 10.3. The number of hydrogen-bond donors (Lipinski definition) is 2. The van der Waals surface area contributed by atoms with Gasteiger partial charge >= 0.3 is 0 Å². The van der Waals surface area contributed by atoms with Gasteiger partial charge < -0.3 is 0 Å². The van der Waals surface area contributed by atoms with Crippen molar-refractivity contribution in [1.82, 2.24) is 5.43 Å². The molecule has 0 fully saturated rings. The summed E-state index contributed by atoms with van der Waals surface area (Å²) in [6.45, 7) is 2.04. The lowest BCUT2D eigenvalue weighted by molar-refractivity contribution is 0.613. The SMILES string of the molecule is Cc1cc(Cl)c(CNN)cc1F. The smallest absolute Gasteiger partial charge is 0.126 e. The lowest BCUT2D eigenvalue weighted by atomic mass is 10.1. The van der Waals surface area contributed by atoms with E-state index in [-0.39, 0.29) is 5.82 Å². The maximum Gasteiger partial charge on any atom is 0.126 e. The molecule has 1 aromatic rings. The van der Waals surface area contributed by atoms with Crippen molar-refractivity contribution in [3.05, 3.63) is 34.1 Å². The molecule has 0 atom stereocenters. The zero-order chi connectivity index (χ0) is 9.14. The van der Waals surface area contributed by atoms with Crippen LogP contribution in [0.4, 0.5) is 4.39 Å². The third-order valence-electron chi connectivity index (χ3n) is 1.62. The molecule has 4 heteroatoms. The Morgan fingerprint density at radius 3 is 2.83 bits per heavy atom. The van der Waals surface area contributed by atoms with Crippen LogP contribution in [-0.2, 0) is 6.54 Å². The van der Waals surface area contributed by atoms with Gasteiger partial charge in [0.1, 0.15) is 5.82 Å². The summed E-state index contributed by atoms with van der Waals surface area (Å²) < 4.78 is 13.0. The van der Waals surface area contributed by atoms with Crippen LogP contribution in [0.5, 0.6) is 0 Å². The summed E-state index contributed by atoms with van der Waals surface area (Å²) in [6.07, 6.45) is 0. The van der Waals surface area contributed by atoms with E-state index in [2.05, 4.69) is 5.43 Å². The van der Waals surface area contributed by atoms with Crippen molar-refractivity contribution in [2.45, 2.75) is 13.5 Å². The molecule has 0 saturated heterocycles. The number of nitrogens with two attached hydrogens (primary N) is 1. The van der Waals surface area contributed by atoms with Gasteiger partial charge in [-0.3, -0.25) is 11.3 Å². The van der Waals surface area contributed by atoms with Crippen molar-refractivity contribution in [3.8, 4) is 0 Å². The maximum atomic E-state index is 13.0. The Morgan fingerprint density at radius 1 is 1.58 bits per heavy atom. The molecular formula is C8H10ClFN2. The van der Waals surface area contributed by atoms with Gasteiger partial charge in [0.25, 0.3) is 0 Å². The average molecular weight is 189 g/mol. The Labute approximate surface area is 75.5 Å². The second-order valence-electron chi connectivity index (χ2n) is 2.57. The molecule has 0 aliphatic rings. The summed E-state index contributed by atoms with van der Waals surface area (Å²) in [7, 11) is 0. The van der Waals surface area contributed by atoms with Gasteiger partial charge in [-0.2, -0.15) is 0 Å². The Morgan fingerprint density at radius 2 is 2.25 bits per heavy atom. The largest absolute Gasteiger partial charge is 0.271 e. The van der Waals surface area contributed by atoms with Crippen molar-refractivity contribution in [2.24, 2.45) is 5.84 Å². The van der Waals surface area contributed by atoms with E-state index in [0.717, 1.165) is 0 Å². The van der Waals surface area contributed by atoms with Crippen LogP contribution < -0.4 is 11.3 Å². The molecule has 0 aliphatic heterocycles. The van der Waals surface area contributed by atoms with Crippen molar-refractivity contribution < 1.29 is 4.39 Å². The molecule has 3 N–H and O–H groups in total. The van der Waals surface area contributed by atoms with E-state index in [4.69, 9.17) is 17.4 Å². The molecule has 1 rings (SSSR count). The first-order valence-corrected chi connectivity index (χ1v) is 3.91. The van der Waals surface area contributed by atoms with Gasteiger partial charge in [0.05, 0.1) is 0 Å². The van der Waals surface area contributed by atoms with Crippen LogP contribution in [0.3, 0.4) is 0 Å². The fourth-order valence-electron chi connectivity index (χ4n) is 0.933. The Kier molecular flexibility index (Phi) is 3.03. The zero-order valence-electron chi connectivity index (χ0n) is 6.70. The number of halogens is 2.